The Labute approximate surface area is 120 Å². The molecule has 2 aromatic rings. The van der Waals surface area contributed by atoms with E-state index in [0.29, 0.717) is 17.6 Å². The Morgan fingerprint density at radius 1 is 1.33 bits per heavy atom. The summed E-state index contributed by atoms with van der Waals surface area (Å²) in [5.41, 5.74) is 6.49. The highest BCUT2D eigenvalue weighted by Crippen LogP contribution is 2.33. The number of nitrogens with two attached hydrogens (primary N) is 1. The van der Waals surface area contributed by atoms with E-state index < -0.39 is 30.6 Å². The molecule has 5 atom stereocenters. The highest BCUT2D eigenvalue weighted by Gasteiger charge is 2.46. The summed E-state index contributed by atoms with van der Waals surface area (Å²) < 4.78 is 7.08. The Balaban J connectivity index is 1.98. The van der Waals surface area contributed by atoms with Gasteiger partial charge in [0.2, 0.25) is 0 Å². The molecule has 21 heavy (non-hydrogen) atoms. The molecule has 9 nitrogen and oxygen atoms in total. The van der Waals surface area contributed by atoms with Crippen molar-refractivity contribution in [2.24, 2.45) is 0 Å². The number of aliphatic hydroxyl groups is 3. The van der Waals surface area contributed by atoms with Crippen LogP contribution in [0.3, 0.4) is 0 Å². The summed E-state index contributed by atoms with van der Waals surface area (Å²) in [6.07, 6.45) is -1.93. The molecule has 5 N–H and O–H groups in total. The molecule has 9 heteroatoms. The minimum atomic E-state index is -1.20. The minimum Gasteiger partial charge on any atom is -0.390 e. The Morgan fingerprint density at radius 2 is 2.10 bits per heavy atom. The van der Waals surface area contributed by atoms with Gasteiger partial charge in [0.1, 0.15) is 30.2 Å². The highest BCUT2D eigenvalue weighted by molar-refractivity contribution is 5.81. The number of anilines is 1. The summed E-state index contributed by atoms with van der Waals surface area (Å²) in [6.45, 7) is 1.76. The highest BCUT2D eigenvalue weighted by atomic mass is 16.6. The van der Waals surface area contributed by atoms with E-state index in [9.17, 15) is 15.3 Å². The van der Waals surface area contributed by atoms with Gasteiger partial charge in [0, 0.05) is 0 Å². The van der Waals surface area contributed by atoms with Gasteiger partial charge in [0.25, 0.3) is 0 Å². The van der Waals surface area contributed by atoms with Crippen LogP contribution in [0.25, 0.3) is 11.2 Å². The van der Waals surface area contributed by atoms with Crippen LogP contribution in [-0.2, 0) is 4.74 Å². The van der Waals surface area contributed by atoms with Gasteiger partial charge in [0.05, 0.1) is 12.4 Å². The lowest BCUT2D eigenvalue weighted by atomic mass is 10.0. The largest absolute Gasteiger partial charge is 0.390 e. The van der Waals surface area contributed by atoms with Crippen molar-refractivity contribution < 1.29 is 20.1 Å². The number of fused-ring (bicyclic) bond motifs is 1. The Morgan fingerprint density at radius 3 is 2.81 bits per heavy atom. The molecule has 2 aromatic heterocycles. The van der Waals surface area contributed by atoms with Gasteiger partial charge in [-0.05, 0) is 6.42 Å². The Hall–Kier alpha value is -1.81. The maximum atomic E-state index is 10.2. The van der Waals surface area contributed by atoms with Gasteiger partial charge in [-0.25, -0.2) is 15.0 Å². The zero-order valence-corrected chi connectivity index (χ0v) is 11.4. The smallest absolute Gasteiger partial charge is 0.167 e. The molecule has 0 bridgehead atoms. The Kier molecular flexibility index (Phi) is 3.49. The van der Waals surface area contributed by atoms with Crippen molar-refractivity contribution in [2.45, 2.75) is 44.0 Å². The third-order valence-electron chi connectivity index (χ3n) is 3.73. The van der Waals surface area contributed by atoms with Crippen LogP contribution in [0.5, 0.6) is 0 Å². The topological polar surface area (TPSA) is 140 Å². The van der Waals surface area contributed by atoms with E-state index in [2.05, 4.69) is 15.0 Å². The molecule has 0 aliphatic carbocycles. The molecule has 1 saturated heterocycles. The van der Waals surface area contributed by atoms with Crippen molar-refractivity contribution in [1.82, 2.24) is 19.5 Å². The van der Waals surface area contributed by atoms with Crippen molar-refractivity contribution in [1.29, 1.82) is 0 Å². The van der Waals surface area contributed by atoms with Crippen molar-refractivity contribution in [3.63, 3.8) is 0 Å². The number of hydrogen-bond acceptors (Lipinski definition) is 8. The van der Waals surface area contributed by atoms with Crippen molar-refractivity contribution >= 4 is 17.0 Å². The second kappa shape index (κ2) is 5.19. The predicted octanol–water partition coefficient (Wildman–Crippen LogP) is -1.20. The van der Waals surface area contributed by atoms with Crippen LogP contribution >= 0.6 is 0 Å². The summed E-state index contributed by atoms with van der Waals surface area (Å²) in [7, 11) is 0. The van der Waals surface area contributed by atoms with E-state index in [0.717, 1.165) is 0 Å². The molecule has 1 aliphatic heterocycles. The lowest BCUT2D eigenvalue weighted by molar-refractivity contribution is -0.0840. The number of ether oxygens (including phenoxy) is 1. The number of aliphatic hydroxyl groups excluding tert-OH is 3. The predicted molar refractivity (Wildman–Crippen MR) is 72.0 cm³/mol. The molecule has 0 spiro atoms. The zero-order chi connectivity index (χ0) is 15.1. The normalized spacial score (nSPS) is 30.9. The van der Waals surface area contributed by atoms with Crippen LogP contribution in [0.2, 0.25) is 0 Å². The van der Waals surface area contributed by atoms with Crippen LogP contribution in [0, 0.1) is 0 Å². The third-order valence-corrected chi connectivity index (χ3v) is 3.73. The SMILES string of the molecule is CCC(O)C1OC(n2cnc3c(N)ncnc32)C(O)C1O. The maximum Gasteiger partial charge on any atom is 0.167 e. The first kappa shape index (κ1) is 14.1. The average Bonchev–Trinajstić information content (AvgIpc) is 3.02. The van der Waals surface area contributed by atoms with Crippen LogP contribution in [0.15, 0.2) is 12.7 Å². The van der Waals surface area contributed by atoms with E-state index in [1.807, 2.05) is 0 Å². The molecule has 1 aliphatic rings. The summed E-state index contributed by atoms with van der Waals surface area (Å²) in [5, 5.41) is 30.0. The van der Waals surface area contributed by atoms with Gasteiger partial charge >= 0.3 is 0 Å². The first-order valence-corrected chi connectivity index (χ1v) is 6.67. The van der Waals surface area contributed by atoms with Crippen molar-refractivity contribution in [3.05, 3.63) is 12.7 Å². The van der Waals surface area contributed by atoms with Crippen molar-refractivity contribution in [3.8, 4) is 0 Å². The van der Waals surface area contributed by atoms with Crippen molar-refractivity contribution in [2.75, 3.05) is 5.73 Å². The standard InChI is InChI=1S/C12H17N5O4/c1-2-5(18)9-7(19)8(20)12(21-9)17-4-16-6-10(13)14-3-15-11(6)17/h3-5,7-9,12,18-20H,2H2,1H3,(H2,13,14,15). The van der Waals surface area contributed by atoms with E-state index in [1.54, 1.807) is 6.92 Å². The number of aromatic nitrogens is 4. The molecule has 114 valence electrons. The number of imidazole rings is 1. The molecule has 0 aromatic carbocycles. The van der Waals surface area contributed by atoms with Gasteiger partial charge in [-0.2, -0.15) is 0 Å². The molecular formula is C12H17N5O4. The molecule has 0 saturated carbocycles. The fourth-order valence-corrected chi connectivity index (χ4v) is 2.52. The fourth-order valence-electron chi connectivity index (χ4n) is 2.52. The summed E-state index contributed by atoms with van der Waals surface area (Å²) in [6, 6.07) is 0. The van der Waals surface area contributed by atoms with Gasteiger partial charge in [-0.1, -0.05) is 6.92 Å². The van der Waals surface area contributed by atoms with Crippen LogP contribution in [0.4, 0.5) is 5.82 Å². The number of nitrogen functional groups attached to an aromatic ring is 1. The molecule has 3 rings (SSSR count). The van der Waals surface area contributed by atoms with E-state index in [1.165, 1.54) is 17.2 Å². The first-order valence-electron chi connectivity index (χ1n) is 6.67. The minimum absolute atomic E-state index is 0.219. The van der Waals surface area contributed by atoms with Gasteiger partial charge in [-0.15, -0.1) is 0 Å². The second-order valence-corrected chi connectivity index (χ2v) is 5.03. The number of nitrogens with zero attached hydrogens (tertiary/aromatic N) is 4. The van der Waals surface area contributed by atoms with Crippen LogP contribution in [0.1, 0.15) is 19.6 Å². The third kappa shape index (κ3) is 2.14. The number of hydrogen-bond donors (Lipinski definition) is 4. The number of rotatable bonds is 3. The lowest BCUT2D eigenvalue weighted by Gasteiger charge is -2.19. The monoisotopic (exact) mass is 295 g/mol. The summed E-state index contributed by atoms with van der Waals surface area (Å²) in [4.78, 5) is 12.0. The van der Waals surface area contributed by atoms with E-state index >= 15 is 0 Å². The quantitative estimate of drug-likeness (QED) is 0.553. The molecule has 0 radical (unpaired) electrons. The Bertz CT molecular complexity index is 648. The van der Waals surface area contributed by atoms with Gasteiger partial charge in [-0.3, -0.25) is 4.57 Å². The zero-order valence-electron chi connectivity index (χ0n) is 11.4. The van der Waals surface area contributed by atoms with Crippen LogP contribution in [-0.4, -0.2) is 59.3 Å². The second-order valence-electron chi connectivity index (χ2n) is 5.03. The molecule has 0 amide bonds. The molecule has 1 fully saturated rings. The summed E-state index contributed by atoms with van der Waals surface area (Å²) in [5.74, 6) is 0.219. The van der Waals surface area contributed by atoms with Gasteiger partial charge < -0.3 is 25.8 Å². The molecule has 5 unspecified atom stereocenters. The summed E-state index contributed by atoms with van der Waals surface area (Å²) >= 11 is 0. The maximum absolute atomic E-state index is 10.2. The van der Waals surface area contributed by atoms with E-state index in [4.69, 9.17) is 10.5 Å². The fraction of sp³-hybridized carbons (Fsp3) is 0.583. The first-order chi connectivity index (χ1) is 10.0. The molecule has 3 heterocycles. The average molecular weight is 295 g/mol. The van der Waals surface area contributed by atoms with Crippen LogP contribution < -0.4 is 5.73 Å². The van der Waals surface area contributed by atoms with Gasteiger partial charge in [0.15, 0.2) is 17.7 Å². The molecular weight excluding hydrogens is 278 g/mol. The van der Waals surface area contributed by atoms with E-state index in [-0.39, 0.29) is 5.82 Å². The lowest BCUT2D eigenvalue weighted by Crippen LogP contribution is -2.38.